The molecular weight excluding hydrogens is 364 g/mol. The molecule has 3 fully saturated rings. The number of carbonyl (C=O) groups excluding carboxylic acids is 2. The minimum Gasteiger partial charge on any atom is -0.465 e. The third kappa shape index (κ3) is 4.26. The fourth-order valence-electron chi connectivity index (χ4n) is 5.63. The highest BCUT2D eigenvalue weighted by Crippen LogP contribution is 2.43. The average Bonchev–Trinajstić information content (AvgIpc) is 2.73. The molecule has 29 heavy (non-hydrogen) atoms. The number of hydrogen-bond donors (Lipinski definition) is 1. The summed E-state index contributed by atoms with van der Waals surface area (Å²) in [7, 11) is 0. The Bertz CT molecular complexity index is 716. The summed E-state index contributed by atoms with van der Waals surface area (Å²) in [6.45, 7) is 4.10. The molecule has 1 aromatic carbocycles. The molecule has 1 N–H and O–H groups in total. The second kappa shape index (κ2) is 8.97. The molecule has 2 saturated carbocycles. The first-order chi connectivity index (χ1) is 14.1. The molecule has 0 radical (unpaired) electrons. The van der Waals surface area contributed by atoms with Gasteiger partial charge in [0.15, 0.2) is 5.78 Å². The van der Waals surface area contributed by atoms with Gasteiger partial charge in [-0.05, 0) is 38.2 Å². The number of Topliss-reactive ketones (excluding diaryl/α,β-unsaturated/α-hetero) is 1. The number of ketones is 1. The van der Waals surface area contributed by atoms with Crippen molar-refractivity contribution in [2.75, 3.05) is 19.7 Å². The van der Waals surface area contributed by atoms with Crippen LogP contribution in [0.1, 0.15) is 57.4 Å². The van der Waals surface area contributed by atoms with E-state index in [1.54, 1.807) is 0 Å². The second-order valence-corrected chi connectivity index (χ2v) is 9.08. The van der Waals surface area contributed by atoms with Crippen LogP contribution in [0.3, 0.4) is 0 Å². The number of hydrogen-bond acceptors (Lipinski definition) is 5. The maximum atomic E-state index is 13.5. The van der Waals surface area contributed by atoms with Crippen molar-refractivity contribution in [3.63, 3.8) is 0 Å². The molecule has 158 valence electrons. The summed E-state index contributed by atoms with van der Waals surface area (Å²) in [6.07, 6.45) is 7.75. The summed E-state index contributed by atoms with van der Waals surface area (Å²) in [4.78, 5) is 28.8. The van der Waals surface area contributed by atoms with E-state index in [2.05, 4.69) is 22.3 Å². The first-order valence-electron chi connectivity index (χ1n) is 11.4. The summed E-state index contributed by atoms with van der Waals surface area (Å²) < 4.78 is 5.41. The summed E-state index contributed by atoms with van der Waals surface area (Å²) >= 11 is 0. The maximum absolute atomic E-state index is 13.5. The molecule has 2 bridgehead atoms. The number of nitrogens with zero attached hydrogens (tertiary/aromatic N) is 1. The molecule has 1 unspecified atom stereocenters. The van der Waals surface area contributed by atoms with Crippen molar-refractivity contribution in [2.45, 2.75) is 70.5 Å². The standard InChI is InChI=1S/C24H34N2O3/c1-2-29-23(28)24-14-13-21(25-19-11-7-4-8-12-19)20(22(24)27)16-26(17-24)15-18-9-5-3-6-10-18/h3,5-6,9-10,19-21,25H,2,4,7-8,11-17H2,1H3/t20-,21?,24+/m1/s1. The smallest absolute Gasteiger partial charge is 0.320 e. The summed E-state index contributed by atoms with van der Waals surface area (Å²) in [5.41, 5.74) is 0.231. The number of ether oxygens (including phenoxy) is 1. The monoisotopic (exact) mass is 398 g/mol. The molecule has 1 aromatic rings. The highest BCUT2D eigenvalue weighted by Gasteiger charge is 2.58. The Balaban J connectivity index is 1.55. The van der Waals surface area contributed by atoms with Crippen molar-refractivity contribution in [3.8, 4) is 0 Å². The van der Waals surface area contributed by atoms with Crippen molar-refractivity contribution < 1.29 is 14.3 Å². The third-order valence-corrected chi connectivity index (χ3v) is 7.09. The van der Waals surface area contributed by atoms with Crippen LogP contribution in [0.2, 0.25) is 0 Å². The Morgan fingerprint density at radius 2 is 1.93 bits per heavy atom. The van der Waals surface area contributed by atoms with Crippen LogP contribution in [0.5, 0.6) is 0 Å². The van der Waals surface area contributed by atoms with Crippen molar-refractivity contribution in [2.24, 2.45) is 11.3 Å². The molecule has 0 amide bonds. The molecule has 2 aliphatic carbocycles. The number of carbonyl (C=O) groups is 2. The van der Waals surface area contributed by atoms with E-state index >= 15 is 0 Å². The first kappa shape index (κ1) is 20.5. The van der Waals surface area contributed by atoms with Crippen LogP contribution in [-0.4, -0.2) is 48.4 Å². The molecular formula is C24H34N2O3. The third-order valence-electron chi connectivity index (χ3n) is 7.09. The van der Waals surface area contributed by atoms with Gasteiger partial charge in [0.2, 0.25) is 0 Å². The minimum atomic E-state index is -0.988. The van der Waals surface area contributed by atoms with E-state index in [4.69, 9.17) is 4.74 Å². The van der Waals surface area contributed by atoms with Gasteiger partial charge in [-0.25, -0.2) is 0 Å². The average molecular weight is 399 g/mol. The van der Waals surface area contributed by atoms with Gasteiger partial charge < -0.3 is 10.1 Å². The predicted molar refractivity (Wildman–Crippen MR) is 112 cm³/mol. The lowest BCUT2D eigenvalue weighted by atomic mass is 9.63. The fraction of sp³-hybridized carbons (Fsp3) is 0.667. The van der Waals surface area contributed by atoms with Gasteiger partial charge in [0.05, 0.1) is 6.61 Å². The molecule has 5 nitrogen and oxygen atoms in total. The summed E-state index contributed by atoms with van der Waals surface area (Å²) in [5, 5.41) is 3.82. The molecule has 1 saturated heterocycles. The number of likely N-dealkylation sites (tertiary alicyclic amines) is 1. The van der Waals surface area contributed by atoms with Gasteiger partial charge in [0, 0.05) is 37.6 Å². The van der Waals surface area contributed by atoms with E-state index in [0.29, 0.717) is 25.6 Å². The number of rotatable bonds is 6. The van der Waals surface area contributed by atoms with E-state index in [9.17, 15) is 9.59 Å². The van der Waals surface area contributed by atoms with Gasteiger partial charge in [0.25, 0.3) is 0 Å². The summed E-state index contributed by atoms with van der Waals surface area (Å²) in [5.74, 6) is -0.337. The first-order valence-corrected chi connectivity index (χ1v) is 11.4. The molecule has 1 heterocycles. The highest BCUT2D eigenvalue weighted by atomic mass is 16.5. The lowest BCUT2D eigenvalue weighted by molar-refractivity contribution is -0.171. The minimum absolute atomic E-state index is 0.111. The van der Waals surface area contributed by atoms with Crippen LogP contribution >= 0.6 is 0 Å². The lowest BCUT2D eigenvalue weighted by Gasteiger charge is -2.50. The van der Waals surface area contributed by atoms with Gasteiger partial charge in [-0.15, -0.1) is 0 Å². The molecule has 1 aliphatic heterocycles. The van der Waals surface area contributed by atoms with Crippen LogP contribution < -0.4 is 5.32 Å². The van der Waals surface area contributed by atoms with E-state index in [1.165, 1.54) is 37.7 Å². The van der Waals surface area contributed by atoms with Crippen molar-refractivity contribution in [1.82, 2.24) is 10.2 Å². The van der Waals surface area contributed by atoms with E-state index < -0.39 is 5.41 Å². The Morgan fingerprint density at radius 1 is 1.17 bits per heavy atom. The van der Waals surface area contributed by atoms with Crippen LogP contribution in [-0.2, 0) is 20.9 Å². The number of benzene rings is 1. The van der Waals surface area contributed by atoms with E-state index in [-0.39, 0.29) is 23.7 Å². The summed E-state index contributed by atoms with van der Waals surface area (Å²) in [6, 6.07) is 11.0. The van der Waals surface area contributed by atoms with Crippen LogP contribution in [0.25, 0.3) is 0 Å². The number of piperidine rings is 1. The Hall–Kier alpha value is -1.72. The Morgan fingerprint density at radius 3 is 2.66 bits per heavy atom. The molecule has 3 aliphatic rings. The van der Waals surface area contributed by atoms with Gasteiger partial charge >= 0.3 is 5.97 Å². The molecule has 4 rings (SSSR count). The number of esters is 1. The van der Waals surface area contributed by atoms with Crippen LogP contribution in [0.15, 0.2) is 30.3 Å². The zero-order chi connectivity index (χ0) is 20.3. The van der Waals surface area contributed by atoms with Gasteiger partial charge in [-0.1, -0.05) is 49.6 Å². The Labute approximate surface area is 174 Å². The van der Waals surface area contributed by atoms with Gasteiger partial charge in [-0.3, -0.25) is 14.5 Å². The van der Waals surface area contributed by atoms with Gasteiger partial charge in [0.1, 0.15) is 5.41 Å². The zero-order valence-electron chi connectivity index (χ0n) is 17.6. The largest absolute Gasteiger partial charge is 0.465 e. The number of nitrogens with one attached hydrogen (secondary N) is 1. The van der Waals surface area contributed by atoms with Crippen molar-refractivity contribution in [1.29, 1.82) is 0 Å². The zero-order valence-corrected chi connectivity index (χ0v) is 17.6. The molecule has 3 atom stereocenters. The lowest BCUT2D eigenvalue weighted by Crippen LogP contribution is -2.66. The topological polar surface area (TPSA) is 58.6 Å². The van der Waals surface area contributed by atoms with E-state index in [1.807, 2.05) is 25.1 Å². The highest BCUT2D eigenvalue weighted by molar-refractivity contribution is 6.06. The fourth-order valence-corrected chi connectivity index (χ4v) is 5.63. The maximum Gasteiger partial charge on any atom is 0.320 e. The molecule has 0 spiro atoms. The molecule has 5 heteroatoms. The van der Waals surface area contributed by atoms with Crippen molar-refractivity contribution >= 4 is 11.8 Å². The van der Waals surface area contributed by atoms with Crippen molar-refractivity contribution in [3.05, 3.63) is 35.9 Å². The van der Waals surface area contributed by atoms with Crippen LogP contribution in [0.4, 0.5) is 0 Å². The van der Waals surface area contributed by atoms with Gasteiger partial charge in [-0.2, -0.15) is 0 Å². The molecule has 0 aromatic heterocycles. The normalized spacial score (nSPS) is 30.9. The number of fused-ring (bicyclic) bond motifs is 2. The Kier molecular flexibility index (Phi) is 6.35. The predicted octanol–water partition coefficient (Wildman–Crippen LogP) is 3.32. The second-order valence-electron chi connectivity index (χ2n) is 9.08. The SMILES string of the molecule is CCOC(=O)[C@@]12CCC(NC3CCCCC3)[C@@H](CN(Cc3ccccc3)C1)C2=O. The quantitative estimate of drug-likeness (QED) is 0.588. The van der Waals surface area contributed by atoms with E-state index in [0.717, 1.165) is 19.5 Å². The van der Waals surface area contributed by atoms with Crippen LogP contribution in [0, 0.1) is 11.3 Å².